The number of anilines is 2. The molecule has 0 unspecified atom stereocenters. The van der Waals surface area contributed by atoms with Crippen LogP contribution in [0.4, 0.5) is 11.6 Å². The molecule has 0 amide bonds. The molecule has 0 aliphatic carbocycles. The lowest BCUT2D eigenvalue weighted by Gasteiger charge is -2.41. The topological polar surface area (TPSA) is 21.1 Å². The number of para-hydroxylation sites is 3. The van der Waals surface area contributed by atoms with Crippen molar-refractivity contribution in [2.75, 3.05) is 4.90 Å². The minimum absolute atomic E-state index is 0.0612. The molecule has 0 atom stereocenters. The van der Waals surface area contributed by atoms with E-state index in [1.54, 1.807) is 0 Å². The average molecular weight is 291 g/mol. The Labute approximate surface area is 131 Å². The lowest BCUT2D eigenvalue weighted by Crippen LogP contribution is -2.50. The highest BCUT2D eigenvalue weighted by Crippen LogP contribution is 2.51. The van der Waals surface area contributed by atoms with Crippen molar-refractivity contribution in [2.24, 2.45) is 0 Å². The molecule has 0 saturated carbocycles. The molecular weight excluding hydrogens is 270 g/mol. The maximum Gasteiger partial charge on any atom is 0.212 e. The van der Waals surface area contributed by atoms with E-state index in [0.29, 0.717) is 0 Å². The molecule has 0 spiro atoms. The van der Waals surface area contributed by atoms with Crippen LogP contribution in [0.15, 0.2) is 54.6 Å². The number of benzene rings is 2. The highest BCUT2D eigenvalue weighted by molar-refractivity contribution is 5.83. The predicted molar refractivity (Wildman–Crippen MR) is 91.7 cm³/mol. The molecule has 2 heterocycles. The van der Waals surface area contributed by atoms with Crippen molar-refractivity contribution < 1.29 is 0 Å². The van der Waals surface area contributed by atoms with Crippen molar-refractivity contribution in [3.63, 3.8) is 0 Å². The van der Waals surface area contributed by atoms with Crippen LogP contribution < -0.4 is 4.90 Å². The molecular formula is C19H21N3. The summed E-state index contributed by atoms with van der Waals surface area (Å²) in [5.74, 6) is 1.03. The molecule has 112 valence electrons. The second-order valence-electron chi connectivity index (χ2n) is 7.02. The smallest absolute Gasteiger partial charge is 0.212 e. The summed E-state index contributed by atoms with van der Waals surface area (Å²) in [5, 5.41) is 0. The Hall–Kier alpha value is -2.29. The Morgan fingerprint density at radius 3 is 2.14 bits per heavy atom. The zero-order valence-electron chi connectivity index (χ0n) is 13.5. The molecule has 0 radical (unpaired) electrons. The van der Waals surface area contributed by atoms with E-state index < -0.39 is 0 Å². The van der Waals surface area contributed by atoms with E-state index in [9.17, 15) is 0 Å². The summed E-state index contributed by atoms with van der Waals surface area (Å²) < 4.78 is 2.38. The molecule has 22 heavy (non-hydrogen) atoms. The Kier molecular flexibility index (Phi) is 2.51. The van der Waals surface area contributed by atoms with Crippen LogP contribution in [0.1, 0.15) is 27.7 Å². The van der Waals surface area contributed by atoms with Gasteiger partial charge in [-0.15, -0.1) is 0 Å². The fourth-order valence-electron chi connectivity index (χ4n) is 3.53. The van der Waals surface area contributed by atoms with Crippen LogP contribution in [0.5, 0.6) is 0 Å². The first-order valence-corrected chi connectivity index (χ1v) is 7.78. The van der Waals surface area contributed by atoms with Crippen molar-refractivity contribution in [1.82, 2.24) is 9.55 Å². The van der Waals surface area contributed by atoms with Gasteiger partial charge in [0, 0.05) is 5.69 Å². The Balaban J connectivity index is 2.06. The molecule has 0 N–H and O–H groups in total. The van der Waals surface area contributed by atoms with E-state index in [1.165, 1.54) is 11.2 Å². The zero-order valence-corrected chi connectivity index (χ0v) is 13.5. The Morgan fingerprint density at radius 1 is 0.773 bits per heavy atom. The number of hydrogen-bond donors (Lipinski definition) is 0. The number of nitrogens with zero attached hydrogens (tertiary/aromatic N) is 3. The van der Waals surface area contributed by atoms with E-state index in [1.807, 2.05) is 0 Å². The van der Waals surface area contributed by atoms with Gasteiger partial charge in [0.1, 0.15) is 0 Å². The largest absolute Gasteiger partial charge is 0.304 e. The number of rotatable bonds is 1. The predicted octanol–water partition coefficient (Wildman–Crippen LogP) is 4.70. The molecule has 4 rings (SSSR count). The monoisotopic (exact) mass is 291 g/mol. The van der Waals surface area contributed by atoms with Crippen molar-refractivity contribution in [3.8, 4) is 0 Å². The van der Waals surface area contributed by atoms with E-state index in [2.05, 4.69) is 91.8 Å². The van der Waals surface area contributed by atoms with Crippen molar-refractivity contribution >= 4 is 22.7 Å². The van der Waals surface area contributed by atoms with Crippen molar-refractivity contribution in [3.05, 3.63) is 54.6 Å². The molecule has 0 bridgehead atoms. The van der Waals surface area contributed by atoms with E-state index in [0.717, 1.165) is 11.5 Å². The first kappa shape index (κ1) is 13.4. The quantitative estimate of drug-likeness (QED) is 0.648. The van der Waals surface area contributed by atoms with Crippen LogP contribution in [0.3, 0.4) is 0 Å². The van der Waals surface area contributed by atoms with Gasteiger partial charge in [-0.05, 0) is 52.0 Å². The van der Waals surface area contributed by atoms with Gasteiger partial charge < -0.3 is 9.47 Å². The fraction of sp³-hybridized carbons (Fsp3) is 0.316. The Morgan fingerprint density at radius 2 is 1.41 bits per heavy atom. The lowest BCUT2D eigenvalue weighted by molar-refractivity contribution is 0.253. The van der Waals surface area contributed by atoms with Gasteiger partial charge in [-0.3, -0.25) is 0 Å². The van der Waals surface area contributed by atoms with Crippen LogP contribution in [0, 0.1) is 0 Å². The summed E-state index contributed by atoms with van der Waals surface area (Å²) in [7, 11) is 0. The molecule has 1 aliphatic heterocycles. The third kappa shape index (κ3) is 1.48. The molecule has 1 aromatic heterocycles. The minimum atomic E-state index is -0.0687. The SMILES string of the molecule is CC1(C)N(c2ccccc2)c2nc3ccccc3n2C1(C)C. The van der Waals surface area contributed by atoms with Crippen LogP contribution in [-0.4, -0.2) is 15.1 Å². The van der Waals surface area contributed by atoms with Gasteiger partial charge in [0.25, 0.3) is 0 Å². The lowest BCUT2D eigenvalue weighted by atomic mass is 9.82. The number of aromatic nitrogens is 2. The van der Waals surface area contributed by atoms with E-state index >= 15 is 0 Å². The maximum atomic E-state index is 4.93. The van der Waals surface area contributed by atoms with Crippen LogP contribution in [-0.2, 0) is 5.54 Å². The second-order valence-corrected chi connectivity index (χ2v) is 7.02. The van der Waals surface area contributed by atoms with Crippen molar-refractivity contribution in [2.45, 2.75) is 38.8 Å². The van der Waals surface area contributed by atoms with Gasteiger partial charge in [0.15, 0.2) is 0 Å². The molecule has 3 nitrogen and oxygen atoms in total. The summed E-state index contributed by atoms with van der Waals surface area (Å²) in [6.07, 6.45) is 0. The highest BCUT2D eigenvalue weighted by Gasteiger charge is 2.53. The first-order chi connectivity index (χ1) is 10.4. The van der Waals surface area contributed by atoms with Crippen LogP contribution in [0.25, 0.3) is 11.0 Å². The number of imidazole rings is 1. The summed E-state index contributed by atoms with van der Waals surface area (Å²) in [6, 6.07) is 18.9. The zero-order chi connectivity index (χ0) is 15.5. The summed E-state index contributed by atoms with van der Waals surface area (Å²) in [4.78, 5) is 7.30. The van der Waals surface area contributed by atoms with Gasteiger partial charge >= 0.3 is 0 Å². The van der Waals surface area contributed by atoms with Gasteiger partial charge in [-0.2, -0.15) is 0 Å². The summed E-state index contributed by atoms with van der Waals surface area (Å²) in [5.41, 5.74) is 3.32. The highest BCUT2D eigenvalue weighted by atomic mass is 15.4. The minimum Gasteiger partial charge on any atom is -0.304 e. The Bertz CT molecular complexity index is 844. The summed E-state index contributed by atoms with van der Waals surface area (Å²) in [6.45, 7) is 9.19. The van der Waals surface area contributed by atoms with Crippen molar-refractivity contribution in [1.29, 1.82) is 0 Å². The maximum absolute atomic E-state index is 4.93. The molecule has 0 fully saturated rings. The normalized spacial score (nSPS) is 18.6. The fourth-order valence-corrected chi connectivity index (χ4v) is 3.53. The molecule has 3 aromatic rings. The number of fused-ring (bicyclic) bond motifs is 3. The second kappa shape index (κ2) is 4.13. The molecule has 1 aliphatic rings. The third-order valence-electron chi connectivity index (χ3n) is 5.37. The number of hydrogen-bond acceptors (Lipinski definition) is 2. The molecule has 3 heteroatoms. The first-order valence-electron chi connectivity index (χ1n) is 7.78. The molecule has 0 saturated heterocycles. The van der Waals surface area contributed by atoms with E-state index in [4.69, 9.17) is 4.98 Å². The van der Waals surface area contributed by atoms with Crippen LogP contribution >= 0.6 is 0 Å². The standard InChI is InChI=1S/C19H21N3/c1-18(2)19(3,4)22-16-13-9-8-12-15(16)20-17(22)21(18)14-10-6-5-7-11-14/h5-13H,1-4H3. The average Bonchev–Trinajstić information content (AvgIpc) is 2.93. The summed E-state index contributed by atoms with van der Waals surface area (Å²) >= 11 is 0. The molecule has 2 aromatic carbocycles. The van der Waals surface area contributed by atoms with Crippen LogP contribution in [0.2, 0.25) is 0 Å². The van der Waals surface area contributed by atoms with Gasteiger partial charge in [-0.1, -0.05) is 30.3 Å². The van der Waals surface area contributed by atoms with E-state index in [-0.39, 0.29) is 11.1 Å². The van der Waals surface area contributed by atoms with Gasteiger partial charge in [0.2, 0.25) is 5.95 Å². The third-order valence-corrected chi connectivity index (χ3v) is 5.37. The van der Waals surface area contributed by atoms with Gasteiger partial charge in [0.05, 0.1) is 22.1 Å². The van der Waals surface area contributed by atoms with Gasteiger partial charge in [-0.25, -0.2) is 4.98 Å².